The molecule has 0 heterocycles. The van der Waals surface area contributed by atoms with Crippen LogP contribution < -0.4 is 16.8 Å². The van der Waals surface area contributed by atoms with E-state index in [-0.39, 0.29) is 11.6 Å². The van der Waals surface area contributed by atoms with Gasteiger partial charge in [0.15, 0.2) is 0 Å². The van der Waals surface area contributed by atoms with E-state index >= 15 is 0 Å². The predicted octanol–water partition coefficient (Wildman–Crippen LogP) is -0.390. The average Bonchev–Trinajstić information content (AvgIpc) is 2.28. The molecule has 0 fully saturated rings. The van der Waals surface area contributed by atoms with E-state index in [1.54, 1.807) is 7.11 Å². The van der Waals surface area contributed by atoms with Crippen molar-refractivity contribution in [2.45, 2.75) is 18.0 Å². The van der Waals surface area contributed by atoms with Crippen LogP contribution in [0.4, 0.5) is 0 Å². The number of nitrogens with one attached hydrogen (secondary N) is 1. The van der Waals surface area contributed by atoms with Gasteiger partial charge in [-0.25, -0.2) is 0 Å². The van der Waals surface area contributed by atoms with Crippen LogP contribution in [0, 0.1) is 0 Å². The molecule has 2 atom stereocenters. The number of hydrogen-bond acceptors (Lipinski definition) is 5. The highest BCUT2D eigenvalue weighted by molar-refractivity contribution is 5.36. The Morgan fingerprint density at radius 1 is 1.53 bits per heavy atom. The monoisotopic (exact) mass is 240 g/mol. The van der Waals surface area contributed by atoms with Crippen LogP contribution in [0.3, 0.4) is 0 Å². The normalized spacial score (nSPS) is 28.9. The minimum Gasteiger partial charge on any atom is -0.495 e. The lowest BCUT2D eigenvalue weighted by Gasteiger charge is -2.39. The zero-order valence-electron chi connectivity index (χ0n) is 11.2. The van der Waals surface area contributed by atoms with E-state index in [0.29, 0.717) is 11.5 Å². The third-order valence-electron chi connectivity index (χ3n) is 3.29. The van der Waals surface area contributed by atoms with Crippen molar-refractivity contribution in [1.29, 1.82) is 0 Å². The lowest BCUT2D eigenvalue weighted by molar-refractivity contribution is 0.259. The van der Waals surface area contributed by atoms with Crippen molar-refractivity contribution in [3.8, 4) is 0 Å². The topological polar surface area (TPSA) is 76.5 Å². The van der Waals surface area contributed by atoms with E-state index < -0.39 is 0 Å². The minimum absolute atomic E-state index is 0.147. The fraction of sp³-hybridized carbons (Fsp3) is 0.667. The first-order valence-electron chi connectivity index (χ1n) is 5.79. The fourth-order valence-corrected chi connectivity index (χ4v) is 2.03. The molecule has 0 saturated heterocycles. The van der Waals surface area contributed by atoms with E-state index in [4.69, 9.17) is 16.2 Å². The Hall–Kier alpha value is -1.04. The van der Waals surface area contributed by atoms with E-state index in [1.165, 1.54) is 0 Å². The molecule has 0 saturated carbocycles. The number of nitrogens with two attached hydrogens (primary N) is 2. The Bertz CT molecular complexity index is 324. The maximum atomic E-state index is 6.18. The number of rotatable bonds is 5. The zero-order valence-corrected chi connectivity index (χ0v) is 11.2. The number of methoxy groups -OCH3 is 1. The molecule has 1 rings (SSSR count). The van der Waals surface area contributed by atoms with Gasteiger partial charge in [0.2, 0.25) is 0 Å². The van der Waals surface area contributed by atoms with Gasteiger partial charge in [-0.3, -0.25) is 0 Å². The van der Waals surface area contributed by atoms with Crippen LogP contribution in [-0.2, 0) is 4.74 Å². The zero-order chi connectivity index (χ0) is 13.1. The first-order valence-corrected chi connectivity index (χ1v) is 5.79. The molecule has 5 nitrogen and oxygen atoms in total. The molecule has 1 aliphatic rings. The van der Waals surface area contributed by atoms with Crippen molar-refractivity contribution in [3.63, 3.8) is 0 Å². The van der Waals surface area contributed by atoms with E-state index in [9.17, 15) is 0 Å². The molecule has 0 aromatic heterocycles. The quantitative estimate of drug-likeness (QED) is 0.610. The van der Waals surface area contributed by atoms with Crippen molar-refractivity contribution in [3.05, 3.63) is 23.6 Å². The third-order valence-corrected chi connectivity index (χ3v) is 3.29. The highest BCUT2D eigenvalue weighted by Gasteiger charge is 2.36. The summed E-state index contributed by atoms with van der Waals surface area (Å²) in [5, 5.41) is 3.30. The minimum atomic E-state index is -0.293. The number of nitrogens with zero attached hydrogens (tertiary/aromatic N) is 1. The number of likely N-dealkylation sites (N-methyl/N-ethyl adjacent to an activating group) is 1. The Labute approximate surface area is 103 Å². The van der Waals surface area contributed by atoms with E-state index in [0.717, 1.165) is 13.0 Å². The summed E-state index contributed by atoms with van der Waals surface area (Å²) >= 11 is 0. The van der Waals surface area contributed by atoms with Crippen LogP contribution in [0.5, 0.6) is 0 Å². The summed E-state index contributed by atoms with van der Waals surface area (Å²) in [5.74, 6) is 0.694. The molecule has 0 aromatic rings. The molecule has 0 aromatic carbocycles. The van der Waals surface area contributed by atoms with E-state index in [1.807, 2.05) is 33.3 Å². The molecular formula is C12H24N4O. The molecule has 5 heteroatoms. The maximum Gasteiger partial charge on any atom is 0.139 e. The molecule has 0 spiro atoms. The second-order valence-electron chi connectivity index (χ2n) is 4.70. The fourth-order valence-electron chi connectivity index (χ4n) is 2.03. The predicted molar refractivity (Wildman–Crippen MR) is 70.3 cm³/mol. The van der Waals surface area contributed by atoms with Crippen molar-refractivity contribution in [1.82, 2.24) is 10.2 Å². The van der Waals surface area contributed by atoms with Gasteiger partial charge in [0.05, 0.1) is 18.3 Å². The van der Waals surface area contributed by atoms with Crippen LogP contribution in [-0.4, -0.2) is 51.3 Å². The van der Waals surface area contributed by atoms with Crippen molar-refractivity contribution >= 4 is 0 Å². The lowest BCUT2D eigenvalue weighted by atomic mass is 9.82. The second kappa shape index (κ2) is 5.53. The number of ether oxygens (including phenoxy) is 1. The van der Waals surface area contributed by atoms with Gasteiger partial charge < -0.3 is 26.4 Å². The molecule has 2 unspecified atom stereocenters. The standard InChI is InChI=1S/C12H24N4O/c1-15-12(5-6-16(2)3)8-10(17-4)9(13)7-11(12)14/h7-8,11,15H,5-6,13-14H2,1-4H3. The molecule has 17 heavy (non-hydrogen) atoms. The summed E-state index contributed by atoms with van der Waals surface area (Å²) in [6, 6.07) is -0.147. The summed E-state index contributed by atoms with van der Waals surface area (Å²) in [6.07, 6.45) is 4.75. The first kappa shape index (κ1) is 14.0. The highest BCUT2D eigenvalue weighted by atomic mass is 16.5. The van der Waals surface area contributed by atoms with E-state index in [2.05, 4.69) is 10.2 Å². The van der Waals surface area contributed by atoms with Crippen molar-refractivity contribution < 1.29 is 4.74 Å². The van der Waals surface area contributed by atoms with Gasteiger partial charge in [-0.1, -0.05) is 0 Å². The summed E-state index contributed by atoms with van der Waals surface area (Å²) < 4.78 is 5.27. The molecular weight excluding hydrogens is 216 g/mol. The lowest BCUT2D eigenvalue weighted by Crippen LogP contribution is -2.57. The van der Waals surface area contributed by atoms with Crippen molar-refractivity contribution in [2.24, 2.45) is 11.5 Å². The third kappa shape index (κ3) is 3.00. The molecule has 98 valence electrons. The maximum absolute atomic E-state index is 6.18. The molecule has 0 amide bonds. The van der Waals surface area contributed by atoms with Crippen LogP contribution in [0.1, 0.15) is 6.42 Å². The Morgan fingerprint density at radius 2 is 2.18 bits per heavy atom. The SMILES string of the molecule is CNC1(CCN(C)C)C=C(OC)C(N)=CC1N. The van der Waals surface area contributed by atoms with Crippen LogP contribution >= 0.6 is 0 Å². The smallest absolute Gasteiger partial charge is 0.139 e. The summed E-state index contributed by atoms with van der Waals surface area (Å²) in [6.45, 7) is 0.940. The van der Waals surface area contributed by atoms with Crippen molar-refractivity contribution in [2.75, 3.05) is 34.8 Å². The molecule has 1 aliphatic carbocycles. The Kier molecular flexibility index (Phi) is 4.56. The number of hydrogen-bond donors (Lipinski definition) is 3. The van der Waals surface area contributed by atoms with Gasteiger partial charge in [0.1, 0.15) is 5.76 Å². The van der Waals surface area contributed by atoms with Gasteiger partial charge >= 0.3 is 0 Å². The van der Waals surface area contributed by atoms with Crippen LogP contribution in [0.25, 0.3) is 0 Å². The largest absolute Gasteiger partial charge is 0.495 e. The molecule has 0 bridgehead atoms. The molecule has 0 radical (unpaired) electrons. The van der Waals surface area contributed by atoms with Gasteiger partial charge in [0.25, 0.3) is 0 Å². The second-order valence-corrected chi connectivity index (χ2v) is 4.70. The molecule has 0 aliphatic heterocycles. The summed E-state index contributed by atoms with van der Waals surface area (Å²) in [5.41, 5.74) is 12.4. The molecule has 5 N–H and O–H groups in total. The van der Waals surface area contributed by atoms with Gasteiger partial charge in [-0.05, 0) is 46.3 Å². The highest BCUT2D eigenvalue weighted by Crippen LogP contribution is 2.26. The Morgan fingerprint density at radius 3 is 2.65 bits per heavy atom. The van der Waals surface area contributed by atoms with Gasteiger partial charge in [0, 0.05) is 6.04 Å². The van der Waals surface area contributed by atoms with Crippen LogP contribution in [0.15, 0.2) is 23.6 Å². The summed E-state index contributed by atoms with van der Waals surface area (Å²) in [4.78, 5) is 2.13. The van der Waals surface area contributed by atoms with Crippen LogP contribution in [0.2, 0.25) is 0 Å². The average molecular weight is 240 g/mol. The first-order chi connectivity index (χ1) is 7.95. The van der Waals surface area contributed by atoms with Gasteiger partial charge in [-0.15, -0.1) is 0 Å². The summed E-state index contributed by atoms with van der Waals surface area (Å²) in [7, 11) is 7.62. The Balaban J connectivity index is 2.94. The van der Waals surface area contributed by atoms with Gasteiger partial charge in [-0.2, -0.15) is 0 Å².